The second-order valence-electron chi connectivity index (χ2n) is 11.6. The molecule has 0 saturated carbocycles. The van der Waals surface area contributed by atoms with Gasteiger partial charge in [-0.1, -0.05) is 30.3 Å². The van der Waals surface area contributed by atoms with Gasteiger partial charge in [0.15, 0.2) is 16.5 Å². The third kappa shape index (κ3) is 7.31. The van der Waals surface area contributed by atoms with Crippen LogP contribution in [0.1, 0.15) is 31.9 Å². The van der Waals surface area contributed by atoms with E-state index in [1.165, 1.54) is 20.4 Å². The number of halogens is 1. The summed E-state index contributed by atoms with van der Waals surface area (Å²) >= 11 is 1.08. The van der Waals surface area contributed by atoms with Crippen molar-refractivity contribution in [2.24, 2.45) is 0 Å². The van der Waals surface area contributed by atoms with Gasteiger partial charge in [-0.3, -0.25) is 9.47 Å². The number of thiazole rings is 1. The minimum absolute atomic E-state index is 0.130. The number of benzene rings is 3. The number of anilines is 1. The summed E-state index contributed by atoms with van der Waals surface area (Å²) in [6.45, 7) is 5.21. The fourth-order valence-electron chi connectivity index (χ4n) is 4.99. The standard InChI is InChI=1S/C33H35FN4O8S2/c1-33(2,3)37(20-22-9-7-6-8-10-22)32(40)45-15-14-36-29-26(34)18-25(19-28(29)46-31(36)39)48(41,42)38(30-35-13-16-47-30)21-23-11-12-24(43-4)17-27(23)44-5/h6-13,16-19H,14-15,20-21H2,1-5H3. The molecule has 2 heterocycles. The average Bonchev–Trinajstić information content (AvgIpc) is 3.70. The van der Waals surface area contributed by atoms with E-state index in [-0.39, 0.29) is 35.9 Å². The second kappa shape index (κ2) is 14.1. The zero-order chi connectivity index (χ0) is 34.6. The number of nitrogens with zero attached hydrogens (tertiary/aromatic N) is 4. The number of carbonyl (C=O) groups is 1. The molecule has 5 rings (SSSR count). The van der Waals surface area contributed by atoms with Crippen LogP contribution in [0.4, 0.5) is 14.3 Å². The normalized spacial score (nSPS) is 11.8. The lowest BCUT2D eigenvalue weighted by Gasteiger charge is -2.34. The van der Waals surface area contributed by atoms with E-state index in [1.54, 1.807) is 28.5 Å². The first-order valence-corrected chi connectivity index (χ1v) is 17.1. The molecule has 0 spiro atoms. The number of hydrogen-bond acceptors (Lipinski definition) is 10. The summed E-state index contributed by atoms with van der Waals surface area (Å²) in [6.07, 6.45) is 0.836. The Balaban J connectivity index is 1.40. The highest BCUT2D eigenvalue weighted by Crippen LogP contribution is 2.33. The summed E-state index contributed by atoms with van der Waals surface area (Å²) in [5.41, 5.74) is 0.284. The first-order valence-electron chi connectivity index (χ1n) is 14.8. The smallest absolute Gasteiger partial charge is 0.420 e. The highest BCUT2D eigenvalue weighted by atomic mass is 32.2. The van der Waals surface area contributed by atoms with Gasteiger partial charge in [-0.05, 0) is 44.5 Å². The zero-order valence-corrected chi connectivity index (χ0v) is 28.6. The van der Waals surface area contributed by atoms with E-state index in [0.717, 1.165) is 37.9 Å². The highest BCUT2D eigenvalue weighted by molar-refractivity contribution is 7.93. The molecule has 0 aliphatic carbocycles. The van der Waals surface area contributed by atoms with Crippen LogP contribution >= 0.6 is 11.3 Å². The van der Waals surface area contributed by atoms with Crippen LogP contribution in [0.15, 0.2) is 86.3 Å². The van der Waals surface area contributed by atoms with Gasteiger partial charge in [0.05, 0.1) is 32.2 Å². The van der Waals surface area contributed by atoms with Gasteiger partial charge in [0.1, 0.15) is 23.6 Å². The lowest BCUT2D eigenvalue weighted by atomic mass is 10.1. The molecule has 0 N–H and O–H groups in total. The molecule has 0 aliphatic heterocycles. The van der Waals surface area contributed by atoms with E-state index in [1.807, 2.05) is 51.1 Å². The van der Waals surface area contributed by atoms with Gasteiger partial charge in [-0.2, -0.15) is 0 Å². The minimum Gasteiger partial charge on any atom is -0.497 e. The molecule has 48 heavy (non-hydrogen) atoms. The fourth-order valence-corrected chi connectivity index (χ4v) is 7.28. The maximum atomic E-state index is 15.7. The van der Waals surface area contributed by atoms with Gasteiger partial charge in [-0.25, -0.2) is 31.7 Å². The summed E-state index contributed by atoms with van der Waals surface area (Å²) in [5.74, 6) is -1.06. The maximum Gasteiger partial charge on any atom is 0.420 e. The first-order chi connectivity index (χ1) is 22.8. The van der Waals surface area contributed by atoms with E-state index < -0.39 is 38.1 Å². The third-order valence-electron chi connectivity index (χ3n) is 7.47. The Labute approximate surface area is 280 Å². The predicted octanol–water partition coefficient (Wildman–Crippen LogP) is 6.04. The van der Waals surface area contributed by atoms with Gasteiger partial charge < -0.3 is 18.6 Å². The van der Waals surface area contributed by atoms with Crippen LogP contribution in [0.2, 0.25) is 0 Å². The van der Waals surface area contributed by atoms with E-state index in [0.29, 0.717) is 23.6 Å². The molecule has 3 aromatic carbocycles. The summed E-state index contributed by atoms with van der Waals surface area (Å²) in [6, 6.07) is 16.3. The lowest BCUT2D eigenvalue weighted by molar-refractivity contribution is 0.0613. The van der Waals surface area contributed by atoms with Crippen LogP contribution in [-0.2, 0) is 34.4 Å². The SMILES string of the molecule is COc1ccc(CN(c2nccs2)S(=O)(=O)c2cc(F)c3c(c2)oc(=O)n3CCOC(=O)N(Cc2ccccc2)C(C)(C)C)c(OC)c1. The number of rotatable bonds is 12. The van der Waals surface area contributed by atoms with Crippen molar-refractivity contribution in [1.29, 1.82) is 0 Å². The number of carbonyl (C=O) groups excluding carboxylic acids is 1. The second-order valence-corrected chi connectivity index (χ2v) is 14.4. The number of ether oxygens (including phenoxy) is 3. The summed E-state index contributed by atoms with van der Waals surface area (Å²) in [7, 11) is -1.51. The monoisotopic (exact) mass is 698 g/mol. The van der Waals surface area contributed by atoms with Crippen molar-refractivity contribution in [3.8, 4) is 11.5 Å². The molecule has 0 radical (unpaired) electrons. The molecule has 0 aliphatic rings. The Kier molecular flexibility index (Phi) is 10.1. The average molecular weight is 699 g/mol. The Hall–Kier alpha value is -4.89. The number of oxazole rings is 1. The highest BCUT2D eigenvalue weighted by Gasteiger charge is 2.31. The van der Waals surface area contributed by atoms with Crippen LogP contribution < -0.4 is 19.5 Å². The molecule has 254 valence electrons. The molecule has 0 bridgehead atoms. The molecule has 1 amide bonds. The largest absolute Gasteiger partial charge is 0.497 e. The summed E-state index contributed by atoms with van der Waals surface area (Å²) in [5, 5.41) is 1.74. The Morgan fingerprint density at radius 1 is 1.04 bits per heavy atom. The molecule has 5 aromatic rings. The molecular formula is C33H35FN4O8S2. The van der Waals surface area contributed by atoms with E-state index in [9.17, 15) is 18.0 Å². The molecule has 12 nitrogen and oxygen atoms in total. The Morgan fingerprint density at radius 3 is 2.44 bits per heavy atom. The van der Waals surface area contributed by atoms with Crippen molar-refractivity contribution in [2.75, 3.05) is 25.1 Å². The maximum absolute atomic E-state index is 15.7. The van der Waals surface area contributed by atoms with Crippen molar-refractivity contribution >= 4 is 43.7 Å². The lowest BCUT2D eigenvalue weighted by Crippen LogP contribution is -2.45. The van der Waals surface area contributed by atoms with Crippen molar-refractivity contribution in [1.82, 2.24) is 14.5 Å². The quantitative estimate of drug-likeness (QED) is 0.153. The summed E-state index contributed by atoms with van der Waals surface area (Å²) < 4.78 is 67.3. The topological polar surface area (TPSA) is 133 Å². The number of amides is 1. The molecule has 0 fully saturated rings. The Bertz CT molecular complexity index is 2060. The number of sulfonamides is 1. The van der Waals surface area contributed by atoms with Gasteiger partial charge in [-0.15, -0.1) is 11.3 Å². The van der Waals surface area contributed by atoms with Crippen LogP contribution in [0.25, 0.3) is 11.1 Å². The van der Waals surface area contributed by atoms with Crippen LogP contribution in [0.3, 0.4) is 0 Å². The summed E-state index contributed by atoms with van der Waals surface area (Å²) in [4.78, 5) is 31.2. The first kappa shape index (κ1) is 34.4. The van der Waals surface area contributed by atoms with E-state index in [4.69, 9.17) is 18.6 Å². The number of aromatic nitrogens is 2. The predicted molar refractivity (Wildman–Crippen MR) is 179 cm³/mol. The number of methoxy groups -OCH3 is 2. The van der Waals surface area contributed by atoms with Gasteiger partial charge in [0.25, 0.3) is 10.0 Å². The van der Waals surface area contributed by atoms with Crippen molar-refractivity contribution in [2.45, 2.75) is 50.8 Å². The molecule has 0 saturated heterocycles. The molecule has 2 aromatic heterocycles. The van der Waals surface area contributed by atoms with Gasteiger partial charge in [0, 0.05) is 41.4 Å². The number of hydrogen-bond donors (Lipinski definition) is 0. The molecule has 15 heteroatoms. The zero-order valence-electron chi connectivity index (χ0n) is 27.0. The van der Waals surface area contributed by atoms with Crippen LogP contribution in [0, 0.1) is 5.82 Å². The van der Waals surface area contributed by atoms with Crippen molar-refractivity contribution in [3.05, 3.63) is 99.7 Å². The van der Waals surface area contributed by atoms with Crippen LogP contribution in [0.5, 0.6) is 11.5 Å². The fraction of sp³-hybridized carbons (Fsp3) is 0.303. The minimum atomic E-state index is -4.45. The van der Waals surface area contributed by atoms with Crippen molar-refractivity contribution in [3.63, 3.8) is 0 Å². The molecular weight excluding hydrogens is 664 g/mol. The number of fused-ring (bicyclic) bond motifs is 1. The van der Waals surface area contributed by atoms with Crippen molar-refractivity contribution < 1.29 is 36.2 Å². The Morgan fingerprint density at radius 2 is 1.79 bits per heavy atom. The van der Waals surface area contributed by atoms with Gasteiger partial charge in [0.2, 0.25) is 0 Å². The third-order valence-corrected chi connectivity index (χ3v) is 10.1. The molecule has 0 atom stereocenters. The van der Waals surface area contributed by atoms with Gasteiger partial charge >= 0.3 is 11.8 Å². The van der Waals surface area contributed by atoms with Crippen LogP contribution in [-0.4, -0.2) is 55.3 Å². The van der Waals surface area contributed by atoms with E-state index in [2.05, 4.69) is 4.98 Å². The molecule has 0 unspecified atom stereocenters. The van der Waals surface area contributed by atoms with E-state index >= 15 is 4.39 Å².